The van der Waals surface area contributed by atoms with Gasteiger partial charge in [0, 0.05) is 32.1 Å². The van der Waals surface area contributed by atoms with Gasteiger partial charge in [0.25, 0.3) is 0 Å². The van der Waals surface area contributed by atoms with Crippen LogP contribution < -0.4 is 5.48 Å². The maximum atomic E-state index is 10.9. The van der Waals surface area contributed by atoms with E-state index < -0.39 is 11.6 Å². The topological polar surface area (TPSA) is 86.3 Å². The van der Waals surface area contributed by atoms with Crippen molar-refractivity contribution >= 4 is 5.91 Å². The van der Waals surface area contributed by atoms with E-state index in [0.717, 1.165) is 38.5 Å². The molecule has 2 N–H and O–H groups in total. The van der Waals surface area contributed by atoms with Crippen molar-refractivity contribution in [3.8, 4) is 0 Å². The number of carbonyl (C=O) groups is 1. The Labute approximate surface area is 135 Å². The van der Waals surface area contributed by atoms with Crippen molar-refractivity contribution < 1.29 is 29.3 Å². The maximum absolute atomic E-state index is 10.9. The largest absolute Gasteiger partial charge is 0.393 e. The van der Waals surface area contributed by atoms with Gasteiger partial charge in [-0.2, -0.15) is 9.78 Å². The lowest BCUT2D eigenvalue weighted by molar-refractivity contribution is -0.366. The quantitative estimate of drug-likeness (QED) is 0.602. The Morgan fingerprint density at radius 1 is 1.35 bits per heavy atom. The average Bonchev–Trinajstić information content (AvgIpc) is 3.12. The van der Waals surface area contributed by atoms with Gasteiger partial charge in [-0.05, 0) is 37.5 Å². The molecule has 7 nitrogen and oxygen atoms in total. The summed E-state index contributed by atoms with van der Waals surface area (Å²) in [7, 11) is 0. The number of carbonyl (C=O) groups excluding carboxylic acids is 1. The molecule has 0 aromatic heterocycles. The number of nitrogens with one attached hydrogen (secondary N) is 1. The van der Waals surface area contributed by atoms with Crippen molar-refractivity contribution in [3.05, 3.63) is 0 Å². The third-order valence-corrected chi connectivity index (χ3v) is 5.78. The van der Waals surface area contributed by atoms with Crippen LogP contribution in [0.3, 0.4) is 0 Å². The number of hydroxylamine groups is 1. The fourth-order valence-corrected chi connectivity index (χ4v) is 4.98. The molecule has 4 fully saturated rings. The first-order valence-electron chi connectivity index (χ1n) is 8.64. The Hall–Kier alpha value is -0.730. The standard InChI is InChI=1S/C16H25NO6/c1-10(18)17-20-9-12-5-11-6-14(12)16(7-11)21-15(22-23-16)4-2-3-13(19)8-15/h11-14,19H,2-9H2,1H3,(H,17,18)/t11-,12+,13-,14-,15+,16+/m1/s1. The molecule has 3 saturated carbocycles. The highest BCUT2D eigenvalue weighted by atomic mass is 17.3. The first kappa shape index (κ1) is 15.8. The second kappa shape index (κ2) is 5.67. The van der Waals surface area contributed by atoms with Gasteiger partial charge in [-0.3, -0.25) is 9.63 Å². The minimum atomic E-state index is -0.787. The van der Waals surface area contributed by atoms with Crippen molar-refractivity contribution in [3.63, 3.8) is 0 Å². The molecule has 0 unspecified atom stereocenters. The highest BCUT2D eigenvalue weighted by Crippen LogP contribution is 2.60. The number of amides is 1. The number of hydrogen-bond acceptors (Lipinski definition) is 6. The van der Waals surface area contributed by atoms with Crippen molar-refractivity contribution in [2.75, 3.05) is 6.61 Å². The molecule has 4 rings (SSSR count). The van der Waals surface area contributed by atoms with E-state index in [4.69, 9.17) is 19.3 Å². The summed E-state index contributed by atoms with van der Waals surface area (Å²) in [5.41, 5.74) is 2.39. The van der Waals surface area contributed by atoms with Crippen LogP contribution in [0.4, 0.5) is 0 Å². The molecule has 1 saturated heterocycles. The van der Waals surface area contributed by atoms with E-state index in [0.29, 0.717) is 18.9 Å². The lowest BCUT2D eigenvalue weighted by atomic mass is 9.84. The number of ether oxygens (including phenoxy) is 1. The number of aliphatic hydroxyl groups excluding tert-OH is 1. The molecule has 1 aliphatic heterocycles. The highest BCUT2D eigenvalue weighted by molar-refractivity contribution is 5.71. The van der Waals surface area contributed by atoms with Crippen LogP contribution in [0.1, 0.15) is 51.9 Å². The highest BCUT2D eigenvalue weighted by Gasteiger charge is 2.65. The first-order valence-corrected chi connectivity index (χ1v) is 8.64. The van der Waals surface area contributed by atoms with Gasteiger partial charge in [-0.25, -0.2) is 5.48 Å². The minimum absolute atomic E-state index is 0.199. The Balaban J connectivity index is 1.42. The van der Waals surface area contributed by atoms with Gasteiger partial charge in [0.1, 0.15) is 0 Å². The van der Waals surface area contributed by atoms with Crippen LogP contribution in [0.2, 0.25) is 0 Å². The molecule has 23 heavy (non-hydrogen) atoms. The number of aliphatic hydroxyl groups is 1. The van der Waals surface area contributed by atoms with E-state index in [1.165, 1.54) is 6.92 Å². The van der Waals surface area contributed by atoms with Crippen LogP contribution in [-0.4, -0.2) is 35.3 Å². The van der Waals surface area contributed by atoms with Crippen LogP contribution in [0.5, 0.6) is 0 Å². The monoisotopic (exact) mass is 327 g/mol. The Kier molecular flexibility index (Phi) is 3.89. The number of rotatable bonds is 3. The fraction of sp³-hybridized carbons (Fsp3) is 0.938. The molecule has 1 heterocycles. The Bertz CT molecular complexity index is 487. The summed E-state index contributed by atoms with van der Waals surface area (Å²) < 4.78 is 6.35. The van der Waals surface area contributed by atoms with Gasteiger partial charge in [0.05, 0.1) is 12.7 Å². The minimum Gasteiger partial charge on any atom is -0.393 e. The summed E-state index contributed by atoms with van der Waals surface area (Å²) in [6.07, 6.45) is 5.45. The molecular weight excluding hydrogens is 302 g/mol. The summed E-state index contributed by atoms with van der Waals surface area (Å²) >= 11 is 0. The zero-order valence-electron chi connectivity index (χ0n) is 13.5. The molecule has 0 aromatic rings. The summed E-state index contributed by atoms with van der Waals surface area (Å²) in [5.74, 6) is -0.657. The molecule has 2 bridgehead atoms. The van der Waals surface area contributed by atoms with Gasteiger partial charge >= 0.3 is 0 Å². The van der Waals surface area contributed by atoms with Crippen molar-refractivity contribution in [1.29, 1.82) is 0 Å². The molecule has 7 heteroatoms. The van der Waals surface area contributed by atoms with Crippen molar-refractivity contribution in [2.45, 2.75) is 69.5 Å². The molecule has 0 aromatic carbocycles. The molecule has 1 amide bonds. The Morgan fingerprint density at radius 3 is 2.96 bits per heavy atom. The van der Waals surface area contributed by atoms with Gasteiger partial charge in [0.2, 0.25) is 17.5 Å². The smallest absolute Gasteiger partial charge is 0.240 e. The molecule has 130 valence electrons. The van der Waals surface area contributed by atoms with Gasteiger partial charge in [0.15, 0.2) is 0 Å². The zero-order chi connectivity index (χ0) is 16.1. The van der Waals surface area contributed by atoms with Crippen LogP contribution in [0.25, 0.3) is 0 Å². The molecule has 0 radical (unpaired) electrons. The lowest BCUT2D eigenvalue weighted by Gasteiger charge is -2.37. The number of fused-ring (bicyclic) bond motifs is 3. The molecule has 3 aliphatic carbocycles. The molecule has 6 atom stereocenters. The van der Waals surface area contributed by atoms with E-state index >= 15 is 0 Å². The summed E-state index contributed by atoms with van der Waals surface area (Å²) in [6.45, 7) is 1.89. The van der Waals surface area contributed by atoms with Gasteiger partial charge < -0.3 is 9.84 Å². The van der Waals surface area contributed by atoms with E-state index in [-0.39, 0.29) is 23.8 Å². The second-order valence-corrected chi connectivity index (χ2v) is 7.62. The SMILES string of the molecule is CC(=O)NOC[C@@H]1C[C@@H]2C[C@H]1[C@]1(C2)OO[C@]2(CCC[C@@H](O)C2)O1. The Morgan fingerprint density at radius 2 is 2.22 bits per heavy atom. The fourth-order valence-electron chi connectivity index (χ4n) is 4.98. The predicted molar refractivity (Wildman–Crippen MR) is 77.3 cm³/mol. The molecule has 2 spiro atoms. The van der Waals surface area contributed by atoms with E-state index in [1.54, 1.807) is 0 Å². The summed E-state index contributed by atoms with van der Waals surface area (Å²) in [4.78, 5) is 27.6. The van der Waals surface area contributed by atoms with Crippen molar-refractivity contribution in [2.24, 2.45) is 17.8 Å². The summed E-state index contributed by atoms with van der Waals surface area (Å²) in [5, 5.41) is 9.94. The van der Waals surface area contributed by atoms with Gasteiger partial charge in [-0.1, -0.05) is 0 Å². The zero-order valence-corrected chi connectivity index (χ0v) is 13.5. The van der Waals surface area contributed by atoms with Crippen LogP contribution in [-0.2, 0) is 24.1 Å². The van der Waals surface area contributed by atoms with Crippen LogP contribution >= 0.6 is 0 Å². The predicted octanol–water partition coefficient (Wildman–Crippen LogP) is 1.41. The number of hydrogen-bond donors (Lipinski definition) is 2. The van der Waals surface area contributed by atoms with Crippen LogP contribution in [0, 0.1) is 17.8 Å². The second-order valence-electron chi connectivity index (χ2n) is 7.62. The summed E-state index contributed by atoms with van der Waals surface area (Å²) in [6, 6.07) is 0. The third kappa shape index (κ3) is 2.78. The van der Waals surface area contributed by atoms with Crippen LogP contribution in [0.15, 0.2) is 0 Å². The third-order valence-electron chi connectivity index (χ3n) is 5.78. The lowest BCUT2D eigenvalue weighted by Crippen LogP contribution is -2.46. The van der Waals surface area contributed by atoms with E-state index in [9.17, 15) is 9.90 Å². The normalized spacial score (nSPS) is 48.4. The first-order chi connectivity index (χ1) is 11.0. The van der Waals surface area contributed by atoms with Crippen molar-refractivity contribution in [1.82, 2.24) is 5.48 Å². The molecular formula is C16H25NO6. The maximum Gasteiger partial charge on any atom is 0.240 e. The molecule has 4 aliphatic rings. The van der Waals surface area contributed by atoms with E-state index in [2.05, 4.69) is 5.48 Å². The van der Waals surface area contributed by atoms with Gasteiger partial charge in [-0.15, -0.1) is 0 Å². The van der Waals surface area contributed by atoms with E-state index in [1.807, 2.05) is 0 Å². The average molecular weight is 327 g/mol.